The fourth-order valence-corrected chi connectivity index (χ4v) is 3.44. The van der Waals surface area contributed by atoms with Gasteiger partial charge < -0.3 is 15.5 Å². The zero-order valence-corrected chi connectivity index (χ0v) is 17.4. The zero-order chi connectivity index (χ0) is 20.2. The van der Waals surface area contributed by atoms with Crippen LogP contribution in [0.1, 0.15) is 36.5 Å². The van der Waals surface area contributed by atoms with Crippen LogP contribution >= 0.6 is 0 Å². The molecule has 2 N–H and O–H groups in total. The van der Waals surface area contributed by atoms with Crippen molar-refractivity contribution in [2.24, 2.45) is 0 Å². The van der Waals surface area contributed by atoms with E-state index in [0.717, 1.165) is 36.8 Å². The molecule has 1 aromatic heterocycles. The molecule has 1 aliphatic heterocycles. The molecule has 0 spiro atoms. The van der Waals surface area contributed by atoms with Crippen molar-refractivity contribution in [3.05, 3.63) is 59.2 Å². The van der Waals surface area contributed by atoms with Gasteiger partial charge in [-0.05, 0) is 74.1 Å². The largest absolute Gasteiger partial charge is 0.341 e. The maximum absolute atomic E-state index is 4.68. The van der Waals surface area contributed by atoms with Crippen molar-refractivity contribution in [2.45, 2.75) is 40.0 Å². The molecule has 2 aromatic carbocycles. The lowest BCUT2D eigenvalue weighted by Crippen LogP contribution is -2.21. The number of nitrogens with zero attached hydrogens (tertiary/aromatic N) is 4. The number of aryl methyl sites for hydroxylation is 3. The van der Waals surface area contributed by atoms with Crippen LogP contribution in [0, 0.1) is 13.8 Å². The highest BCUT2D eigenvalue weighted by Gasteiger charge is 2.18. The van der Waals surface area contributed by atoms with Crippen LogP contribution in [-0.2, 0) is 6.42 Å². The molecule has 0 saturated carbocycles. The summed E-state index contributed by atoms with van der Waals surface area (Å²) in [4.78, 5) is 16.2. The van der Waals surface area contributed by atoms with E-state index in [1.807, 2.05) is 0 Å². The van der Waals surface area contributed by atoms with Gasteiger partial charge in [-0.3, -0.25) is 0 Å². The second kappa shape index (κ2) is 8.47. The Hall–Kier alpha value is -3.15. The minimum atomic E-state index is 0.553. The Morgan fingerprint density at radius 1 is 0.793 bits per heavy atom. The van der Waals surface area contributed by atoms with E-state index in [-0.39, 0.29) is 0 Å². The van der Waals surface area contributed by atoms with Gasteiger partial charge in [0.15, 0.2) is 0 Å². The normalized spacial score (nSPS) is 13.6. The molecule has 150 valence electrons. The average molecular weight is 389 g/mol. The van der Waals surface area contributed by atoms with Gasteiger partial charge in [-0.15, -0.1) is 0 Å². The molecule has 1 aliphatic rings. The summed E-state index contributed by atoms with van der Waals surface area (Å²) in [6, 6.07) is 14.7. The van der Waals surface area contributed by atoms with E-state index < -0.39 is 0 Å². The lowest BCUT2D eigenvalue weighted by atomic mass is 10.1. The van der Waals surface area contributed by atoms with Crippen molar-refractivity contribution in [3.8, 4) is 0 Å². The number of aromatic nitrogens is 3. The van der Waals surface area contributed by atoms with Crippen LogP contribution < -0.4 is 15.5 Å². The Balaban J connectivity index is 1.63. The van der Waals surface area contributed by atoms with Crippen LogP contribution in [0.2, 0.25) is 0 Å². The van der Waals surface area contributed by atoms with E-state index in [1.165, 1.54) is 29.5 Å². The van der Waals surface area contributed by atoms with Gasteiger partial charge in [0.1, 0.15) is 0 Å². The standard InChI is InChI=1S/C23H28N6/c1-4-18-8-11-19(12-9-18)24-21-26-22(25-20-10-7-16(2)17(3)15-20)28-23(27-21)29-13-5-6-14-29/h7-12,15H,4-6,13-14H2,1-3H3,(H2,24,25,26,27,28). The maximum atomic E-state index is 4.68. The third-order valence-electron chi connectivity index (χ3n) is 5.39. The van der Waals surface area contributed by atoms with Crippen LogP contribution in [0.15, 0.2) is 42.5 Å². The molecule has 1 saturated heterocycles. The molecule has 3 aromatic rings. The Kier molecular flexibility index (Phi) is 5.60. The summed E-state index contributed by atoms with van der Waals surface area (Å²) in [5, 5.41) is 6.69. The van der Waals surface area contributed by atoms with Gasteiger partial charge in [0.05, 0.1) is 0 Å². The predicted molar refractivity (Wildman–Crippen MR) is 120 cm³/mol. The molecule has 6 heteroatoms. The first-order valence-corrected chi connectivity index (χ1v) is 10.3. The molecule has 4 rings (SSSR count). The highest BCUT2D eigenvalue weighted by Crippen LogP contribution is 2.23. The second-order valence-corrected chi connectivity index (χ2v) is 7.58. The number of nitrogens with one attached hydrogen (secondary N) is 2. The zero-order valence-electron chi connectivity index (χ0n) is 17.4. The number of anilines is 5. The van der Waals surface area contributed by atoms with Crippen molar-refractivity contribution in [1.29, 1.82) is 0 Å². The first-order chi connectivity index (χ1) is 14.1. The Morgan fingerprint density at radius 3 is 2.03 bits per heavy atom. The second-order valence-electron chi connectivity index (χ2n) is 7.58. The SMILES string of the molecule is CCc1ccc(Nc2nc(Nc3ccc(C)c(C)c3)nc(N3CCCC3)n2)cc1. The van der Waals surface area contributed by atoms with Crippen LogP contribution in [0.5, 0.6) is 0 Å². The summed E-state index contributed by atoms with van der Waals surface area (Å²) in [7, 11) is 0. The van der Waals surface area contributed by atoms with E-state index in [2.05, 4.69) is 93.7 Å². The minimum absolute atomic E-state index is 0.553. The summed E-state index contributed by atoms with van der Waals surface area (Å²) in [5.41, 5.74) is 5.75. The first kappa shape index (κ1) is 19.2. The molecule has 2 heterocycles. The lowest BCUT2D eigenvalue weighted by Gasteiger charge is -2.17. The Bertz CT molecular complexity index is 977. The average Bonchev–Trinajstić information content (AvgIpc) is 3.26. The smallest absolute Gasteiger partial charge is 0.233 e. The molecule has 0 amide bonds. The maximum Gasteiger partial charge on any atom is 0.233 e. The van der Waals surface area contributed by atoms with Crippen molar-refractivity contribution in [3.63, 3.8) is 0 Å². The summed E-state index contributed by atoms with van der Waals surface area (Å²) in [6.45, 7) is 8.34. The highest BCUT2D eigenvalue weighted by atomic mass is 15.3. The molecule has 0 atom stereocenters. The first-order valence-electron chi connectivity index (χ1n) is 10.3. The molecule has 29 heavy (non-hydrogen) atoms. The predicted octanol–water partition coefficient (Wildman–Crippen LogP) is 5.14. The van der Waals surface area contributed by atoms with E-state index in [4.69, 9.17) is 0 Å². The fourth-order valence-electron chi connectivity index (χ4n) is 3.44. The summed E-state index contributed by atoms with van der Waals surface area (Å²) in [5.74, 6) is 1.83. The third-order valence-corrected chi connectivity index (χ3v) is 5.39. The topological polar surface area (TPSA) is 66.0 Å². The Morgan fingerprint density at radius 2 is 1.41 bits per heavy atom. The van der Waals surface area contributed by atoms with Crippen molar-refractivity contribution in [2.75, 3.05) is 28.6 Å². The molecular weight excluding hydrogens is 360 g/mol. The summed E-state index contributed by atoms with van der Waals surface area (Å²) >= 11 is 0. The van der Waals surface area contributed by atoms with Crippen molar-refractivity contribution < 1.29 is 0 Å². The van der Waals surface area contributed by atoms with Crippen LogP contribution in [0.3, 0.4) is 0 Å². The molecule has 0 bridgehead atoms. The minimum Gasteiger partial charge on any atom is -0.341 e. The van der Waals surface area contributed by atoms with E-state index in [0.29, 0.717) is 11.9 Å². The third kappa shape index (κ3) is 4.65. The van der Waals surface area contributed by atoms with Crippen LogP contribution in [0.25, 0.3) is 0 Å². The van der Waals surface area contributed by atoms with Gasteiger partial charge in [0, 0.05) is 24.5 Å². The fraction of sp³-hybridized carbons (Fsp3) is 0.348. The van der Waals surface area contributed by atoms with Gasteiger partial charge in [-0.1, -0.05) is 25.1 Å². The van der Waals surface area contributed by atoms with Gasteiger partial charge in [0.25, 0.3) is 0 Å². The highest BCUT2D eigenvalue weighted by molar-refractivity contribution is 5.60. The molecule has 0 radical (unpaired) electrons. The summed E-state index contributed by atoms with van der Waals surface area (Å²) in [6.07, 6.45) is 3.37. The van der Waals surface area contributed by atoms with Gasteiger partial charge in [-0.2, -0.15) is 15.0 Å². The molecule has 0 aliphatic carbocycles. The Labute approximate surface area is 172 Å². The van der Waals surface area contributed by atoms with Crippen molar-refractivity contribution >= 4 is 29.2 Å². The summed E-state index contributed by atoms with van der Waals surface area (Å²) < 4.78 is 0. The lowest BCUT2D eigenvalue weighted by molar-refractivity contribution is 0.886. The molecule has 1 fully saturated rings. The van der Waals surface area contributed by atoms with Crippen LogP contribution in [-0.4, -0.2) is 28.0 Å². The number of rotatable bonds is 6. The van der Waals surface area contributed by atoms with Gasteiger partial charge in [0.2, 0.25) is 17.8 Å². The monoisotopic (exact) mass is 388 g/mol. The molecule has 0 unspecified atom stereocenters. The molecule has 6 nitrogen and oxygen atoms in total. The number of hydrogen-bond acceptors (Lipinski definition) is 6. The van der Waals surface area contributed by atoms with E-state index >= 15 is 0 Å². The van der Waals surface area contributed by atoms with Gasteiger partial charge in [-0.25, -0.2) is 0 Å². The van der Waals surface area contributed by atoms with Gasteiger partial charge >= 0.3 is 0 Å². The number of benzene rings is 2. The molecular formula is C23H28N6. The quantitative estimate of drug-likeness (QED) is 0.610. The number of hydrogen-bond donors (Lipinski definition) is 2. The van der Waals surface area contributed by atoms with E-state index in [9.17, 15) is 0 Å². The van der Waals surface area contributed by atoms with Crippen LogP contribution in [0.4, 0.5) is 29.2 Å². The van der Waals surface area contributed by atoms with E-state index in [1.54, 1.807) is 0 Å². The van der Waals surface area contributed by atoms with Crippen molar-refractivity contribution in [1.82, 2.24) is 15.0 Å².